The summed E-state index contributed by atoms with van der Waals surface area (Å²) < 4.78 is 19.2. The van der Waals surface area contributed by atoms with Gasteiger partial charge in [0.2, 0.25) is 11.5 Å². The van der Waals surface area contributed by atoms with E-state index in [1.54, 1.807) is 29.2 Å². The molecule has 9 nitrogen and oxygen atoms in total. The molecule has 0 radical (unpaired) electrons. The largest absolute Gasteiger partial charge is 0.427 e. The van der Waals surface area contributed by atoms with E-state index in [2.05, 4.69) is 10.6 Å². The molecular weight excluding hydrogens is 455 g/mol. The normalized spacial score (nSPS) is 20.9. The second kappa shape index (κ2) is 8.68. The lowest BCUT2D eigenvalue weighted by molar-refractivity contribution is -0.142. The quantitative estimate of drug-likeness (QED) is 0.702. The fourth-order valence-electron chi connectivity index (χ4n) is 5.10. The highest BCUT2D eigenvalue weighted by Gasteiger charge is 2.58. The summed E-state index contributed by atoms with van der Waals surface area (Å²) in [6.45, 7) is 0.323. The van der Waals surface area contributed by atoms with E-state index in [1.807, 2.05) is 0 Å². The number of rotatable bonds is 3. The Hall–Kier alpha value is -3.95. The maximum absolute atomic E-state index is 13.6. The molecule has 5 amide bonds. The smallest absolute Gasteiger partial charge is 0.418 e. The van der Waals surface area contributed by atoms with Crippen LogP contribution < -0.4 is 10.6 Å². The van der Waals surface area contributed by atoms with E-state index in [-0.39, 0.29) is 24.2 Å². The number of nitrogens with zero attached hydrogens (tertiary/aromatic N) is 2. The Kier molecular flexibility index (Phi) is 5.66. The van der Waals surface area contributed by atoms with Crippen LogP contribution >= 0.6 is 0 Å². The first-order valence-corrected chi connectivity index (χ1v) is 11.5. The number of benzene rings is 2. The van der Waals surface area contributed by atoms with Crippen LogP contribution in [0.2, 0.25) is 0 Å². The van der Waals surface area contributed by atoms with Crippen LogP contribution in [0, 0.1) is 5.82 Å². The second-order valence-electron chi connectivity index (χ2n) is 8.99. The molecule has 10 heteroatoms. The Morgan fingerprint density at radius 2 is 1.91 bits per heavy atom. The lowest BCUT2D eigenvalue weighted by atomic mass is 9.94. The minimum Gasteiger partial charge on any atom is -0.427 e. The molecule has 2 N–H and O–H groups in total. The number of carbonyl (C=O) groups excluding carboxylic acids is 4. The van der Waals surface area contributed by atoms with Crippen molar-refractivity contribution in [1.29, 1.82) is 0 Å². The highest BCUT2D eigenvalue weighted by atomic mass is 19.1. The molecule has 3 aliphatic rings. The summed E-state index contributed by atoms with van der Waals surface area (Å²) in [5, 5.41) is 5.16. The molecule has 1 aliphatic carbocycles. The summed E-state index contributed by atoms with van der Waals surface area (Å²) >= 11 is 0. The molecule has 2 aromatic rings. The zero-order valence-corrected chi connectivity index (χ0v) is 19.2. The molecule has 1 fully saturated rings. The first-order chi connectivity index (χ1) is 16.8. The van der Waals surface area contributed by atoms with Crippen molar-refractivity contribution in [1.82, 2.24) is 15.1 Å². The Morgan fingerprint density at radius 1 is 1.09 bits per heavy atom. The van der Waals surface area contributed by atoms with Crippen LogP contribution in [0.3, 0.4) is 0 Å². The van der Waals surface area contributed by atoms with Gasteiger partial charge in [-0.25, -0.2) is 18.9 Å². The van der Waals surface area contributed by atoms with Gasteiger partial charge in [0.1, 0.15) is 12.4 Å². The van der Waals surface area contributed by atoms with Crippen molar-refractivity contribution in [3.05, 3.63) is 64.5 Å². The van der Waals surface area contributed by atoms with Gasteiger partial charge in [0.05, 0.1) is 0 Å². The van der Waals surface area contributed by atoms with Crippen LogP contribution in [-0.2, 0) is 39.3 Å². The van der Waals surface area contributed by atoms with Crippen molar-refractivity contribution in [2.45, 2.75) is 37.8 Å². The molecule has 182 valence electrons. The highest BCUT2D eigenvalue weighted by Crippen LogP contribution is 2.46. The van der Waals surface area contributed by atoms with Gasteiger partial charge in [-0.15, -0.1) is 0 Å². The predicted octanol–water partition coefficient (Wildman–Crippen LogP) is 2.67. The number of hydrogen-bond acceptors (Lipinski definition) is 5. The van der Waals surface area contributed by atoms with Gasteiger partial charge in [-0.05, 0) is 60.2 Å². The SMILES string of the molecule is CNC(=O)Nc1ccc2c(c1)CC[C@]21OC(=O)N(CC(=O)N2CCCc3cc(F)ccc3C2)C1=O. The summed E-state index contributed by atoms with van der Waals surface area (Å²) in [6.07, 6.45) is 1.21. The number of amides is 5. The molecule has 2 aliphatic heterocycles. The molecular formula is C25H25FN4O5. The fraction of sp³-hybridized carbons (Fsp3) is 0.360. The maximum Gasteiger partial charge on any atom is 0.418 e. The van der Waals surface area contributed by atoms with Crippen molar-refractivity contribution >= 4 is 29.6 Å². The number of aryl methyl sites for hydroxylation is 2. The van der Waals surface area contributed by atoms with E-state index in [4.69, 9.17) is 4.74 Å². The second-order valence-corrected chi connectivity index (χ2v) is 8.99. The Labute approximate surface area is 201 Å². The van der Waals surface area contributed by atoms with Gasteiger partial charge in [0.15, 0.2) is 0 Å². The third-order valence-corrected chi connectivity index (χ3v) is 6.89. The average Bonchev–Trinajstić information content (AvgIpc) is 3.20. The van der Waals surface area contributed by atoms with Gasteiger partial charge in [-0.1, -0.05) is 12.1 Å². The molecule has 1 spiro atoms. The van der Waals surface area contributed by atoms with Crippen molar-refractivity contribution in [3.8, 4) is 0 Å². The molecule has 0 bridgehead atoms. The predicted molar refractivity (Wildman–Crippen MR) is 123 cm³/mol. The van der Waals surface area contributed by atoms with Crippen LogP contribution in [-0.4, -0.2) is 53.9 Å². The lowest BCUT2D eigenvalue weighted by Gasteiger charge is -2.24. The summed E-state index contributed by atoms with van der Waals surface area (Å²) in [5.41, 5.74) is 2.19. The molecule has 0 aromatic heterocycles. The molecule has 0 saturated carbocycles. The van der Waals surface area contributed by atoms with Crippen LogP contribution in [0.5, 0.6) is 0 Å². The zero-order valence-electron chi connectivity index (χ0n) is 19.2. The number of nitrogens with one attached hydrogen (secondary N) is 2. The molecule has 5 rings (SSSR count). The molecule has 35 heavy (non-hydrogen) atoms. The standard InChI is InChI=1S/C25H25FN4O5/c1-27-23(33)28-19-6-7-20-16(12-19)8-9-25(20)22(32)30(24(34)35-25)14-21(31)29-10-2-3-15-11-18(26)5-4-17(15)13-29/h4-7,11-12H,2-3,8-10,13-14H2,1H3,(H2,27,28,33)/t25-/m0/s1. The van der Waals surface area contributed by atoms with Gasteiger partial charge in [-0.3, -0.25) is 9.59 Å². The molecule has 0 unspecified atom stereocenters. The fourth-order valence-corrected chi connectivity index (χ4v) is 5.10. The van der Waals surface area contributed by atoms with Gasteiger partial charge >= 0.3 is 12.1 Å². The zero-order chi connectivity index (χ0) is 24.7. The summed E-state index contributed by atoms with van der Waals surface area (Å²) in [6, 6.07) is 9.23. The summed E-state index contributed by atoms with van der Waals surface area (Å²) in [7, 11) is 1.51. The molecule has 2 aromatic carbocycles. The highest BCUT2D eigenvalue weighted by molar-refractivity contribution is 6.06. The van der Waals surface area contributed by atoms with Crippen molar-refractivity contribution in [2.75, 3.05) is 25.5 Å². The number of carbonyl (C=O) groups is 4. The monoisotopic (exact) mass is 480 g/mol. The van der Waals surface area contributed by atoms with E-state index in [0.717, 1.165) is 21.6 Å². The molecule has 1 atom stereocenters. The van der Waals surface area contributed by atoms with Gasteiger partial charge < -0.3 is 20.3 Å². The molecule has 2 heterocycles. The number of imide groups is 1. The lowest BCUT2D eigenvalue weighted by Crippen LogP contribution is -2.44. The number of urea groups is 1. The van der Waals surface area contributed by atoms with E-state index in [9.17, 15) is 23.6 Å². The first-order valence-electron chi connectivity index (χ1n) is 11.5. The number of fused-ring (bicyclic) bond motifs is 3. The topological polar surface area (TPSA) is 108 Å². The number of halogens is 1. The van der Waals surface area contributed by atoms with E-state index in [0.29, 0.717) is 43.6 Å². The van der Waals surface area contributed by atoms with Gasteiger partial charge in [0.25, 0.3) is 5.91 Å². The van der Waals surface area contributed by atoms with Gasteiger partial charge in [-0.2, -0.15) is 0 Å². The van der Waals surface area contributed by atoms with Crippen LogP contribution in [0.25, 0.3) is 0 Å². The van der Waals surface area contributed by atoms with E-state index >= 15 is 0 Å². The third kappa shape index (κ3) is 3.98. The minimum atomic E-state index is -1.46. The van der Waals surface area contributed by atoms with Crippen LogP contribution in [0.1, 0.15) is 35.1 Å². The van der Waals surface area contributed by atoms with Crippen molar-refractivity contribution < 1.29 is 28.3 Å². The Morgan fingerprint density at radius 3 is 2.71 bits per heavy atom. The average molecular weight is 480 g/mol. The van der Waals surface area contributed by atoms with Crippen LogP contribution in [0.15, 0.2) is 36.4 Å². The first kappa shape index (κ1) is 22.8. The Bertz CT molecular complexity index is 1250. The summed E-state index contributed by atoms with van der Waals surface area (Å²) in [5.74, 6) is -1.24. The van der Waals surface area contributed by atoms with E-state index in [1.165, 1.54) is 19.2 Å². The number of ether oxygens (including phenoxy) is 1. The van der Waals surface area contributed by atoms with Crippen LogP contribution in [0.4, 0.5) is 19.7 Å². The molecule has 1 saturated heterocycles. The van der Waals surface area contributed by atoms with Gasteiger partial charge in [0, 0.05) is 37.8 Å². The summed E-state index contributed by atoms with van der Waals surface area (Å²) in [4.78, 5) is 53.3. The maximum atomic E-state index is 13.6. The Balaban J connectivity index is 1.32. The van der Waals surface area contributed by atoms with Crippen molar-refractivity contribution in [2.24, 2.45) is 0 Å². The minimum absolute atomic E-state index is 0.268. The third-order valence-electron chi connectivity index (χ3n) is 6.89. The van der Waals surface area contributed by atoms with Crippen molar-refractivity contribution in [3.63, 3.8) is 0 Å². The number of hydrogen-bond donors (Lipinski definition) is 2. The van der Waals surface area contributed by atoms with E-state index < -0.39 is 24.1 Å². The number of anilines is 1.